The van der Waals surface area contributed by atoms with Gasteiger partial charge in [0.25, 0.3) is 5.22 Å². The molecular formula is C13H22N2O2S2. The molecule has 108 valence electrons. The van der Waals surface area contributed by atoms with E-state index in [-0.39, 0.29) is 0 Å². The smallest absolute Gasteiger partial charge is 0.276 e. The summed E-state index contributed by atoms with van der Waals surface area (Å²) in [6, 6.07) is 0. The summed E-state index contributed by atoms with van der Waals surface area (Å²) in [4.78, 5) is 0. The summed E-state index contributed by atoms with van der Waals surface area (Å²) in [5, 5.41) is 8.66. The molecule has 0 saturated heterocycles. The molecule has 2 unspecified atom stereocenters. The van der Waals surface area contributed by atoms with Gasteiger partial charge in [0.15, 0.2) is 0 Å². The molecule has 0 radical (unpaired) electrons. The molecule has 1 aliphatic carbocycles. The highest BCUT2D eigenvalue weighted by molar-refractivity contribution is 7.99. The molecule has 0 N–H and O–H groups in total. The number of rotatable bonds is 7. The molecular weight excluding hydrogens is 280 g/mol. The van der Waals surface area contributed by atoms with E-state index in [4.69, 9.17) is 9.15 Å². The van der Waals surface area contributed by atoms with Gasteiger partial charge in [0, 0.05) is 5.75 Å². The van der Waals surface area contributed by atoms with Gasteiger partial charge >= 0.3 is 0 Å². The highest BCUT2D eigenvalue weighted by atomic mass is 32.2. The Hall–Kier alpha value is -0.200. The first-order chi connectivity index (χ1) is 9.29. The zero-order chi connectivity index (χ0) is 13.5. The fourth-order valence-electron chi connectivity index (χ4n) is 2.34. The van der Waals surface area contributed by atoms with Gasteiger partial charge in [0.05, 0.1) is 18.5 Å². The van der Waals surface area contributed by atoms with E-state index in [1.165, 1.54) is 25.7 Å². The summed E-state index contributed by atoms with van der Waals surface area (Å²) >= 11 is 3.27. The monoisotopic (exact) mass is 302 g/mol. The Bertz CT molecular complexity index is 373. The summed E-state index contributed by atoms with van der Waals surface area (Å²) in [5.41, 5.74) is 0. The lowest BCUT2D eigenvalue weighted by Gasteiger charge is -2.28. The van der Waals surface area contributed by atoms with Crippen molar-refractivity contribution in [1.82, 2.24) is 10.2 Å². The minimum Gasteiger partial charge on any atom is -0.415 e. The van der Waals surface area contributed by atoms with Crippen molar-refractivity contribution in [3.05, 3.63) is 5.89 Å². The molecule has 6 heteroatoms. The predicted octanol–water partition coefficient (Wildman–Crippen LogP) is 3.62. The third-order valence-corrected chi connectivity index (χ3v) is 4.71. The second-order valence-corrected chi connectivity index (χ2v) is 6.83. The van der Waals surface area contributed by atoms with Crippen LogP contribution in [0.5, 0.6) is 0 Å². The largest absolute Gasteiger partial charge is 0.415 e. The van der Waals surface area contributed by atoms with Gasteiger partial charge in [0.1, 0.15) is 0 Å². The number of nitrogens with zero attached hydrogens (tertiary/aromatic N) is 2. The van der Waals surface area contributed by atoms with Crippen LogP contribution in [0.25, 0.3) is 0 Å². The van der Waals surface area contributed by atoms with Crippen LogP contribution in [0.15, 0.2) is 9.64 Å². The van der Waals surface area contributed by atoms with Gasteiger partial charge in [-0.05, 0) is 25.0 Å². The molecule has 4 nitrogen and oxygen atoms in total. The third-order valence-electron chi connectivity index (χ3n) is 3.39. The van der Waals surface area contributed by atoms with Gasteiger partial charge in [-0.1, -0.05) is 31.5 Å². The second kappa shape index (κ2) is 8.17. The average Bonchev–Trinajstić information content (AvgIpc) is 2.85. The van der Waals surface area contributed by atoms with E-state index < -0.39 is 0 Å². The quantitative estimate of drug-likeness (QED) is 0.566. The molecule has 19 heavy (non-hydrogen) atoms. The van der Waals surface area contributed by atoms with Crippen LogP contribution in [0.1, 0.15) is 38.5 Å². The van der Waals surface area contributed by atoms with Crippen molar-refractivity contribution in [2.75, 3.05) is 18.6 Å². The lowest BCUT2D eigenvalue weighted by atomic mass is 9.88. The van der Waals surface area contributed by atoms with Crippen LogP contribution in [-0.2, 0) is 10.5 Å². The second-order valence-electron chi connectivity index (χ2n) is 4.91. The highest BCUT2D eigenvalue weighted by Crippen LogP contribution is 2.26. The van der Waals surface area contributed by atoms with E-state index >= 15 is 0 Å². The first-order valence-electron chi connectivity index (χ1n) is 6.85. The van der Waals surface area contributed by atoms with Crippen LogP contribution in [0.3, 0.4) is 0 Å². The van der Waals surface area contributed by atoms with Crippen molar-refractivity contribution in [2.45, 2.75) is 49.7 Å². The molecule has 0 bridgehead atoms. The molecule has 1 aromatic rings. The first-order valence-corrected chi connectivity index (χ1v) is 9.23. The number of aromatic nitrogens is 2. The normalized spacial score (nSPS) is 23.7. The highest BCUT2D eigenvalue weighted by Gasteiger charge is 2.21. The van der Waals surface area contributed by atoms with Crippen LogP contribution < -0.4 is 0 Å². The molecule has 2 rings (SSSR count). The van der Waals surface area contributed by atoms with Crippen LogP contribution in [0.4, 0.5) is 0 Å². The fraction of sp³-hybridized carbons (Fsp3) is 0.846. The Morgan fingerprint density at radius 3 is 2.95 bits per heavy atom. The minimum absolute atomic E-state index is 0.448. The van der Waals surface area contributed by atoms with E-state index in [9.17, 15) is 0 Å². The van der Waals surface area contributed by atoms with Crippen molar-refractivity contribution in [2.24, 2.45) is 5.92 Å². The van der Waals surface area contributed by atoms with Gasteiger partial charge < -0.3 is 9.15 Å². The molecule has 1 fully saturated rings. The Balaban J connectivity index is 1.62. The molecule has 0 spiro atoms. The Labute approximate surface area is 123 Å². The van der Waals surface area contributed by atoms with Gasteiger partial charge in [-0.3, -0.25) is 0 Å². The van der Waals surface area contributed by atoms with Crippen LogP contribution >= 0.6 is 23.5 Å². The number of hydrogen-bond acceptors (Lipinski definition) is 6. The fourth-order valence-corrected chi connectivity index (χ4v) is 3.31. The zero-order valence-electron chi connectivity index (χ0n) is 11.6. The first kappa shape index (κ1) is 15.2. The molecule has 2 atom stereocenters. The third kappa shape index (κ3) is 5.00. The van der Waals surface area contributed by atoms with Crippen molar-refractivity contribution in [3.63, 3.8) is 0 Å². The molecule has 1 heterocycles. The standard InChI is InChI=1S/C13H22N2O2S2/c1-10-5-3-4-6-11(10)16-7-8-19-13-15-14-12(17-13)9-18-2/h10-11H,3-9H2,1-2H3. The lowest BCUT2D eigenvalue weighted by molar-refractivity contribution is 0.00342. The molecule has 1 saturated carbocycles. The number of thioether (sulfide) groups is 2. The Morgan fingerprint density at radius 1 is 1.32 bits per heavy atom. The maximum absolute atomic E-state index is 5.96. The van der Waals surface area contributed by atoms with Gasteiger partial charge in [-0.15, -0.1) is 10.2 Å². The molecule has 1 aliphatic rings. The van der Waals surface area contributed by atoms with Crippen molar-refractivity contribution in [1.29, 1.82) is 0 Å². The zero-order valence-corrected chi connectivity index (χ0v) is 13.3. The number of hydrogen-bond donors (Lipinski definition) is 0. The van der Waals surface area contributed by atoms with Gasteiger partial charge in [-0.25, -0.2) is 0 Å². The summed E-state index contributed by atoms with van der Waals surface area (Å²) in [6.07, 6.45) is 7.66. The molecule has 0 aromatic carbocycles. The summed E-state index contributed by atoms with van der Waals surface area (Å²) in [6.45, 7) is 3.06. The minimum atomic E-state index is 0.448. The van der Waals surface area contributed by atoms with Crippen molar-refractivity contribution in [3.8, 4) is 0 Å². The van der Waals surface area contributed by atoms with Gasteiger partial charge in [-0.2, -0.15) is 11.8 Å². The molecule has 1 aromatic heterocycles. The van der Waals surface area contributed by atoms with Crippen LogP contribution in [0, 0.1) is 5.92 Å². The van der Waals surface area contributed by atoms with E-state index in [0.29, 0.717) is 23.1 Å². The van der Waals surface area contributed by atoms with Crippen molar-refractivity contribution < 1.29 is 9.15 Å². The molecule has 0 aliphatic heterocycles. The van der Waals surface area contributed by atoms with Crippen molar-refractivity contribution >= 4 is 23.5 Å². The van der Waals surface area contributed by atoms with Crippen LogP contribution in [0.2, 0.25) is 0 Å². The predicted molar refractivity (Wildman–Crippen MR) is 79.6 cm³/mol. The summed E-state index contributed by atoms with van der Waals surface area (Å²) in [7, 11) is 0. The molecule has 0 amide bonds. The number of ether oxygens (including phenoxy) is 1. The van der Waals surface area contributed by atoms with E-state index in [0.717, 1.165) is 18.1 Å². The Kier molecular flexibility index (Phi) is 6.53. The summed E-state index contributed by atoms with van der Waals surface area (Å²) in [5.74, 6) is 3.07. The SMILES string of the molecule is CSCc1nnc(SCCOC2CCCCC2C)o1. The lowest BCUT2D eigenvalue weighted by Crippen LogP contribution is -2.26. The van der Waals surface area contributed by atoms with Gasteiger partial charge in [0.2, 0.25) is 5.89 Å². The Morgan fingerprint density at radius 2 is 2.16 bits per heavy atom. The van der Waals surface area contributed by atoms with E-state index in [2.05, 4.69) is 17.1 Å². The summed E-state index contributed by atoms with van der Waals surface area (Å²) < 4.78 is 11.5. The average molecular weight is 302 g/mol. The van der Waals surface area contributed by atoms with E-state index in [1.807, 2.05) is 6.26 Å². The maximum Gasteiger partial charge on any atom is 0.276 e. The van der Waals surface area contributed by atoms with Crippen LogP contribution in [-0.4, -0.2) is 34.9 Å². The van der Waals surface area contributed by atoms with E-state index in [1.54, 1.807) is 23.5 Å². The maximum atomic E-state index is 5.96. The topological polar surface area (TPSA) is 48.2 Å².